The molecule has 0 aliphatic heterocycles. The third-order valence-corrected chi connectivity index (χ3v) is 4.95. The van der Waals surface area contributed by atoms with Crippen molar-refractivity contribution < 1.29 is 9.53 Å². The van der Waals surface area contributed by atoms with Crippen LogP contribution >= 0.6 is 0 Å². The lowest BCUT2D eigenvalue weighted by Crippen LogP contribution is -2.16. The number of carbonyl (C=O) groups excluding carboxylic acids is 1. The van der Waals surface area contributed by atoms with Gasteiger partial charge in [-0.3, -0.25) is 4.79 Å². The molecule has 1 amide bonds. The summed E-state index contributed by atoms with van der Waals surface area (Å²) in [6.45, 7) is 10.3. The fourth-order valence-electron chi connectivity index (χ4n) is 3.23. The Balaban J connectivity index is 1.82. The predicted octanol–water partition coefficient (Wildman–Crippen LogP) is 5.46. The van der Waals surface area contributed by atoms with E-state index < -0.39 is 0 Å². The molecular formula is C24H26N2O2. The Labute approximate surface area is 166 Å². The first-order valence-corrected chi connectivity index (χ1v) is 9.40. The molecule has 4 heteroatoms. The first-order chi connectivity index (χ1) is 13.4. The number of aromatic nitrogens is 1. The number of pyridine rings is 1. The molecule has 0 saturated heterocycles. The van der Waals surface area contributed by atoms with Gasteiger partial charge in [0.1, 0.15) is 18.2 Å². The van der Waals surface area contributed by atoms with E-state index >= 15 is 0 Å². The first-order valence-electron chi connectivity index (χ1n) is 9.40. The summed E-state index contributed by atoms with van der Waals surface area (Å²) in [6, 6.07) is 15.8. The Morgan fingerprint density at radius 2 is 1.68 bits per heavy atom. The van der Waals surface area contributed by atoms with Crippen LogP contribution in [0, 0.1) is 34.6 Å². The van der Waals surface area contributed by atoms with Gasteiger partial charge in [0.15, 0.2) is 0 Å². The predicted molar refractivity (Wildman–Crippen MR) is 113 cm³/mol. The van der Waals surface area contributed by atoms with Gasteiger partial charge in [-0.15, -0.1) is 0 Å². The number of anilines is 1. The zero-order valence-corrected chi connectivity index (χ0v) is 17.1. The largest absolute Gasteiger partial charge is 0.487 e. The Kier molecular flexibility index (Phi) is 5.78. The number of hydrogen-bond acceptors (Lipinski definition) is 3. The number of nitrogens with zero attached hydrogens (tertiary/aromatic N) is 1. The van der Waals surface area contributed by atoms with Crippen LogP contribution in [-0.4, -0.2) is 10.9 Å². The van der Waals surface area contributed by atoms with Crippen LogP contribution < -0.4 is 10.1 Å². The molecule has 144 valence electrons. The smallest absolute Gasteiger partial charge is 0.257 e. The van der Waals surface area contributed by atoms with Crippen molar-refractivity contribution in [3.63, 3.8) is 0 Å². The first kappa shape index (κ1) is 19.6. The SMILES string of the molecule is Cc1ccc(C(=O)Nc2nc(C)c(OCc3ccccc3)c(C)c2C)c(C)c1. The van der Waals surface area contributed by atoms with E-state index in [1.54, 1.807) is 0 Å². The van der Waals surface area contributed by atoms with Crippen LogP contribution in [0.1, 0.15) is 43.9 Å². The van der Waals surface area contributed by atoms with E-state index in [4.69, 9.17) is 4.74 Å². The molecule has 2 aromatic carbocycles. The van der Waals surface area contributed by atoms with Gasteiger partial charge in [-0.2, -0.15) is 0 Å². The van der Waals surface area contributed by atoms with Gasteiger partial charge in [-0.1, -0.05) is 48.0 Å². The highest BCUT2D eigenvalue weighted by molar-refractivity contribution is 6.05. The highest BCUT2D eigenvalue weighted by atomic mass is 16.5. The number of hydrogen-bond donors (Lipinski definition) is 1. The van der Waals surface area contributed by atoms with E-state index in [-0.39, 0.29) is 5.91 Å². The molecule has 0 fully saturated rings. The Bertz CT molecular complexity index is 1010. The van der Waals surface area contributed by atoms with Gasteiger partial charge in [-0.05, 0) is 62.9 Å². The summed E-state index contributed by atoms with van der Waals surface area (Å²) in [5.41, 5.74) is 6.50. The molecule has 0 saturated carbocycles. The fraction of sp³-hybridized carbons (Fsp3) is 0.250. The Morgan fingerprint density at radius 1 is 0.964 bits per heavy atom. The molecule has 4 nitrogen and oxygen atoms in total. The summed E-state index contributed by atoms with van der Waals surface area (Å²) in [6.07, 6.45) is 0. The summed E-state index contributed by atoms with van der Waals surface area (Å²) < 4.78 is 6.04. The minimum absolute atomic E-state index is 0.148. The van der Waals surface area contributed by atoms with Crippen molar-refractivity contribution in [2.75, 3.05) is 5.32 Å². The van der Waals surface area contributed by atoms with Crippen molar-refractivity contribution in [1.29, 1.82) is 0 Å². The maximum absolute atomic E-state index is 12.7. The highest BCUT2D eigenvalue weighted by Crippen LogP contribution is 2.30. The number of nitrogens with one attached hydrogen (secondary N) is 1. The zero-order valence-electron chi connectivity index (χ0n) is 17.1. The van der Waals surface area contributed by atoms with Crippen LogP contribution in [0.2, 0.25) is 0 Å². The molecule has 1 aromatic heterocycles. The molecule has 3 aromatic rings. The summed E-state index contributed by atoms with van der Waals surface area (Å²) in [5.74, 6) is 1.20. The van der Waals surface area contributed by atoms with Crippen LogP contribution in [0.4, 0.5) is 5.82 Å². The molecule has 0 aliphatic rings. The average molecular weight is 374 g/mol. The zero-order chi connectivity index (χ0) is 20.3. The Morgan fingerprint density at radius 3 is 2.36 bits per heavy atom. The number of amides is 1. The fourth-order valence-corrected chi connectivity index (χ4v) is 3.23. The molecule has 0 atom stereocenters. The van der Waals surface area contributed by atoms with Crippen molar-refractivity contribution in [2.24, 2.45) is 0 Å². The quantitative estimate of drug-likeness (QED) is 0.645. The number of ether oxygens (including phenoxy) is 1. The third kappa shape index (κ3) is 4.22. The highest BCUT2D eigenvalue weighted by Gasteiger charge is 2.17. The molecular weight excluding hydrogens is 348 g/mol. The van der Waals surface area contributed by atoms with Gasteiger partial charge in [-0.25, -0.2) is 4.98 Å². The summed E-state index contributed by atoms with van der Waals surface area (Å²) in [7, 11) is 0. The molecule has 0 unspecified atom stereocenters. The standard InChI is InChI=1S/C24H26N2O2/c1-15-11-12-21(16(2)13-15)24(27)26-23-18(4)17(3)22(19(5)25-23)28-14-20-9-7-6-8-10-20/h6-13H,14H2,1-5H3,(H,25,26,27). The minimum atomic E-state index is -0.148. The van der Waals surface area contributed by atoms with Crippen molar-refractivity contribution in [2.45, 2.75) is 41.2 Å². The summed E-state index contributed by atoms with van der Waals surface area (Å²) >= 11 is 0. The second kappa shape index (κ2) is 8.26. The van der Waals surface area contributed by atoms with Crippen molar-refractivity contribution in [1.82, 2.24) is 4.98 Å². The van der Waals surface area contributed by atoms with E-state index in [9.17, 15) is 4.79 Å². The number of aryl methyl sites for hydroxylation is 3. The summed E-state index contributed by atoms with van der Waals surface area (Å²) in [4.78, 5) is 17.3. The van der Waals surface area contributed by atoms with Gasteiger partial charge in [0.25, 0.3) is 5.91 Å². The van der Waals surface area contributed by atoms with E-state index in [1.807, 2.05) is 83.1 Å². The van der Waals surface area contributed by atoms with Crippen molar-refractivity contribution in [3.05, 3.63) is 87.6 Å². The molecule has 28 heavy (non-hydrogen) atoms. The second-order valence-corrected chi connectivity index (χ2v) is 7.17. The maximum Gasteiger partial charge on any atom is 0.257 e. The van der Waals surface area contributed by atoms with Gasteiger partial charge >= 0.3 is 0 Å². The lowest BCUT2D eigenvalue weighted by Gasteiger charge is -2.17. The third-order valence-electron chi connectivity index (χ3n) is 4.95. The second-order valence-electron chi connectivity index (χ2n) is 7.17. The Hall–Kier alpha value is -3.14. The monoisotopic (exact) mass is 374 g/mol. The molecule has 0 aliphatic carbocycles. The van der Waals surface area contributed by atoms with Crippen molar-refractivity contribution in [3.8, 4) is 5.75 Å². The van der Waals surface area contributed by atoms with Crippen LogP contribution in [0.3, 0.4) is 0 Å². The molecule has 3 rings (SSSR count). The molecule has 1 heterocycles. The van der Waals surface area contributed by atoms with E-state index in [2.05, 4.69) is 10.3 Å². The van der Waals surface area contributed by atoms with Gasteiger partial charge in [0.05, 0.1) is 5.69 Å². The average Bonchev–Trinajstić information content (AvgIpc) is 2.66. The molecule has 0 bridgehead atoms. The number of benzene rings is 2. The van der Waals surface area contributed by atoms with E-state index in [0.29, 0.717) is 18.0 Å². The van der Waals surface area contributed by atoms with Crippen LogP contribution in [0.15, 0.2) is 48.5 Å². The van der Waals surface area contributed by atoms with Gasteiger partial charge in [0, 0.05) is 5.56 Å². The number of carbonyl (C=O) groups is 1. The molecule has 0 radical (unpaired) electrons. The van der Waals surface area contributed by atoms with E-state index in [0.717, 1.165) is 39.3 Å². The lowest BCUT2D eigenvalue weighted by molar-refractivity contribution is 0.102. The van der Waals surface area contributed by atoms with Crippen LogP contribution in [0.25, 0.3) is 0 Å². The van der Waals surface area contributed by atoms with Gasteiger partial charge in [0.2, 0.25) is 0 Å². The molecule has 1 N–H and O–H groups in total. The summed E-state index contributed by atoms with van der Waals surface area (Å²) in [5, 5.41) is 2.96. The molecule has 0 spiro atoms. The normalized spacial score (nSPS) is 10.6. The lowest BCUT2D eigenvalue weighted by atomic mass is 10.0. The van der Waals surface area contributed by atoms with Crippen molar-refractivity contribution >= 4 is 11.7 Å². The number of rotatable bonds is 5. The van der Waals surface area contributed by atoms with Crippen LogP contribution in [0.5, 0.6) is 5.75 Å². The van der Waals surface area contributed by atoms with Crippen LogP contribution in [-0.2, 0) is 6.61 Å². The topological polar surface area (TPSA) is 51.2 Å². The van der Waals surface area contributed by atoms with Gasteiger partial charge < -0.3 is 10.1 Å². The minimum Gasteiger partial charge on any atom is -0.487 e. The maximum atomic E-state index is 12.7. The van der Waals surface area contributed by atoms with E-state index in [1.165, 1.54) is 0 Å².